The van der Waals surface area contributed by atoms with Crippen LogP contribution >= 0.6 is 0 Å². The lowest BCUT2D eigenvalue weighted by molar-refractivity contribution is -0.119. The van der Waals surface area contributed by atoms with Crippen molar-refractivity contribution in [2.75, 3.05) is 0 Å². The number of hydrogen-bond acceptors (Lipinski definition) is 1. The van der Waals surface area contributed by atoms with Crippen LogP contribution in [0, 0.1) is 11.8 Å². The van der Waals surface area contributed by atoms with Crippen molar-refractivity contribution in [2.24, 2.45) is 11.8 Å². The van der Waals surface area contributed by atoms with E-state index in [0.29, 0.717) is 24.0 Å². The van der Waals surface area contributed by atoms with Crippen molar-refractivity contribution in [3.8, 4) is 0 Å². The molecule has 0 aliphatic heterocycles. The van der Waals surface area contributed by atoms with Gasteiger partial charge in [0.25, 0.3) is 0 Å². The van der Waals surface area contributed by atoms with Gasteiger partial charge >= 0.3 is 0 Å². The zero-order valence-corrected chi connectivity index (χ0v) is 14.6. The number of carbonyl (C=O) groups is 1. The van der Waals surface area contributed by atoms with E-state index in [2.05, 4.69) is 50.3 Å². The van der Waals surface area contributed by atoms with Gasteiger partial charge in [-0.25, -0.2) is 0 Å². The third kappa shape index (κ3) is 8.17. The van der Waals surface area contributed by atoms with Gasteiger partial charge in [0.2, 0.25) is 0 Å². The molecule has 1 heteroatoms. The predicted molar refractivity (Wildman–Crippen MR) is 96.8 cm³/mol. The summed E-state index contributed by atoms with van der Waals surface area (Å²) in [5, 5.41) is 0. The van der Waals surface area contributed by atoms with Gasteiger partial charge in [-0.2, -0.15) is 0 Å². The normalized spacial score (nSPS) is 19.0. The predicted octanol–water partition coefficient (Wildman–Crippen LogP) is 6.19. The maximum Gasteiger partial charge on any atom is 0.136 e. The van der Waals surface area contributed by atoms with Gasteiger partial charge in [-0.15, -0.1) is 0 Å². The molecule has 0 N–H and O–H groups in total. The maximum absolute atomic E-state index is 12.0. The van der Waals surface area contributed by atoms with Gasteiger partial charge in [0.1, 0.15) is 5.78 Å². The van der Waals surface area contributed by atoms with Gasteiger partial charge in [-0.3, -0.25) is 4.79 Å². The van der Waals surface area contributed by atoms with Crippen molar-refractivity contribution >= 4 is 5.78 Å². The Labute approximate surface area is 136 Å². The number of allylic oxidation sites excluding steroid dienone is 8. The molecule has 1 aliphatic rings. The molecule has 1 rings (SSSR count). The van der Waals surface area contributed by atoms with E-state index in [1.807, 2.05) is 13.0 Å². The largest absolute Gasteiger partial charge is 0.299 e. The molecule has 22 heavy (non-hydrogen) atoms. The van der Waals surface area contributed by atoms with Crippen LogP contribution < -0.4 is 0 Å². The summed E-state index contributed by atoms with van der Waals surface area (Å²) in [5.41, 5.74) is 1.18. The molecule has 1 nitrogen and oxygen atoms in total. The summed E-state index contributed by atoms with van der Waals surface area (Å²) in [6.45, 7) is 6.32. The smallest absolute Gasteiger partial charge is 0.136 e. The summed E-state index contributed by atoms with van der Waals surface area (Å²) < 4.78 is 0. The lowest BCUT2D eigenvalue weighted by Crippen LogP contribution is -2.03. The quantitative estimate of drug-likeness (QED) is 0.366. The fourth-order valence-corrected chi connectivity index (χ4v) is 2.90. The van der Waals surface area contributed by atoms with E-state index < -0.39 is 0 Å². The molecule has 0 aromatic carbocycles. The average molecular weight is 300 g/mol. The summed E-state index contributed by atoms with van der Waals surface area (Å²) in [7, 11) is 0. The number of Topliss-reactive ketones (excluding diaryl/α,β-unsaturated/α-hetero) is 1. The molecule has 0 aromatic heterocycles. The maximum atomic E-state index is 12.0. The molecule has 0 bridgehead atoms. The summed E-state index contributed by atoms with van der Waals surface area (Å²) >= 11 is 0. The van der Waals surface area contributed by atoms with Gasteiger partial charge in [0, 0.05) is 12.8 Å². The third-order valence-corrected chi connectivity index (χ3v) is 4.34. The van der Waals surface area contributed by atoms with Crippen LogP contribution in [0.15, 0.2) is 48.1 Å². The molecule has 0 radical (unpaired) electrons. The van der Waals surface area contributed by atoms with Crippen LogP contribution in [0.2, 0.25) is 0 Å². The molecule has 1 fully saturated rings. The standard InChI is InChI=1S/C21H32O/c1-4-6-10-18(3)15-16-19(5-2)13-9-14-21(22)17-20-11-7-8-12-20/h4-6,9,13,15-16,18,20H,7-8,10-12,14,17H2,1-3H3/b6-4-,13-9-,16-15+,19-5?. The molecule has 1 atom stereocenters. The number of rotatable bonds is 9. The Morgan fingerprint density at radius 2 is 1.86 bits per heavy atom. The van der Waals surface area contributed by atoms with Crippen LogP contribution in [0.25, 0.3) is 0 Å². The molecule has 0 heterocycles. The van der Waals surface area contributed by atoms with Gasteiger partial charge in [-0.1, -0.05) is 75.1 Å². The lowest BCUT2D eigenvalue weighted by atomic mass is 9.99. The number of ketones is 1. The van der Waals surface area contributed by atoms with Gasteiger partial charge in [-0.05, 0) is 37.7 Å². The van der Waals surface area contributed by atoms with Crippen molar-refractivity contribution < 1.29 is 4.79 Å². The Morgan fingerprint density at radius 3 is 2.50 bits per heavy atom. The van der Waals surface area contributed by atoms with Crippen molar-refractivity contribution in [2.45, 2.75) is 65.7 Å². The van der Waals surface area contributed by atoms with Crippen LogP contribution in [0.4, 0.5) is 0 Å². The third-order valence-electron chi connectivity index (χ3n) is 4.34. The fraction of sp³-hybridized carbons (Fsp3) is 0.571. The van der Waals surface area contributed by atoms with E-state index >= 15 is 0 Å². The molecular weight excluding hydrogens is 268 g/mol. The van der Waals surface area contributed by atoms with Crippen molar-refractivity contribution in [1.29, 1.82) is 0 Å². The van der Waals surface area contributed by atoms with E-state index in [9.17, 15) is 4.79 Å². The summed E-state index contributed by atoms with van der Waals surface area (Å²) in [6.07, 6.45) is 22.4. The van der Waals surface area contributed by atoms with E-state index in [1.165, 1.54) is 31.3 Å². The first-order chi connectivity index (χ1) is 10.7. The summed E-state index contributed by atoms with van der Waals surface area (Å²) in [4.78, 5) is 12.0. The number of hydrogen-bond donors (Lipinski definition) is 0. The first-order valence-corrected chi connectivity index (χ1v) is 8.79. The fourth-order valence-electron chi connectivity index (χ4n) is 2.90. The first kappa shape index (κ1) is 18.7. The SMILES string of the molecule is CC=C(/C=C\CC(=O)CC1CCCC1)/C=C/C(C)C/C=C\C. The minimum absolute atomic E-state index is 0.393. The topological polar surface area (TPSA) is 17.1 Å². The van der Waals surface area contributed by atoms with E-state index in [4.69, 9.17) is 0 Å². The van der Waals surface area contributed by atoms with E-state index in [-0.39, 0.29) is 0 Å². The van der Waals surface area contributed by atoms with Gasteiger partial charge < -0.3 is 0 Å². The Kier molecular flexibility index (Phi) is 9.54. The van der Waals surface area contributed by atoms with Crippen molar-refractivity contribution in [3.63, 3.8) is 0 Å². The molecule has 0 aromatic rings. The van der Waals surface area contributed by atoms with Gasteiger partial charge in [0.05, 0.1) is 0 Å². The molecule has 122 valence electrons. The number of carbonyl (C=O) groups excluding carboxylic acids is 1. The molecule has 0 amide bonds. The highest BCUT2D eigenvalue weighted by molar-refractivity contribution is 5.80. The molecule has 1 aliphatic carbocycles. The highest BCUT2D eigenvalue weighted by Gasteiger charge is 2.17. The minimum Gasteiger partial charge on any atom is -0.299 e. The second-order valence-electron chi connectivity index (χ2n) is 6.43. The van der Waals surface area contributed by atoms with Crippen molar-refractivity contribution in [3.05, 3.63) is 48.1 Å². The van der Waals surface area contributed by atoms with E-state index in [0.717, 1.165) is 12.8 Å². The van der Waals surface area contributed by atoms with Crippen LogP contribution in [0.5, 0.6) is 0 Å². The first-order valence-electron chi connectivity index (χ1n) is 8.79. The highest BCUT2D eigenvalue weighted by Crippen LogP contribution is 2.28. The molecule has 1 saturated carbocycles. The zero-order valence-electron chi connectivity index (χ0n) is 14.6. The lowest BCUT2D eigenvalue weighted by Gasteiger charge is -2.05. The van der Waals surface area contributed by atoms with Crippen molar-refractivity contribution in [1.82, 2.24) is 0 Å². The highest BCUT2D eigenvalue weighted by atomic mass is 16.1. The monoisotopic (exact) mass is 300 g/mol. The molecule has 0 spiro atoms. The minimum atomic E-state index is 0.393. The molecular formula is C21H32O. The second kappa shape index (κ2) is 11.2. The average Bonchev–Trinajstić information content (AvgIpc) is 3.01. The molecule has 0 saturated heterocycles. The zero-order chi connectivity index (χ0) is 16.2. The van der Waals surface area contributed by atoms with Crippen LogP contribution in [-0.4, -0.2) is 5.78 Å². The van der Waals surface area contributed by atoms with Crippen LogP contribution in [0.1, 0.15) is 65.7 Å². The molecule has 1 unspecified atom stereocenters. The van der Waals surface area contributed by atoms with Gasteiger partial charge in [0.15, 0.2) is 0 Å². The summed E-state index contributed by atoms with van der Waals surface area (Å²) in [5.74, 6) is 1.60. The second-order valence-corrected chi connectivity index (χ2v) is 6.43. The van der Waals surface area contributed by atoms with E-state index in [1.54, 1.807) is 0 Å². The van der Waals surface area contributed by atoms with Crippen LogP contribution in [0.3, 0.4) is 0 Å². The Bertz CT molecular complexity index is 431. The Hall–Kier alpha value is -1.37. The Balaban J connectivity index is 2.34. The Morgan fingerprint density at radius 1 is 1.14 bits per heavy atom. The van der Waals surface area contributed by atoms with Crippen LogP contribution in [-0.2, 0) is 4.79 Å². The summed E-state index contributed by atoms with van der Waals surface area (Å²) in [6, 6.07) is 0.